The van der Waals surface area contributed by atoms with Crippen LogP contribution in [0.1, 0.15) is 33.6 Å². The molecule has 0 N–H and O–H groups in total. The topological polar surface area (TPSA) is 18.5 Å². The lowest BCUT2D eigenvalue weighted by atomic mass is 10.3. The van der Waals surface area contributed by atoms with Crippen molar-refractivity contribution in [1.82, 2.24) is 0 Å². The molecule has 0 aromatic heterocycles. The molecule has 2 aromatic rings. The third-order valence-electron chi connectivity index (χ3n) is 2.62. The van der Waals surface area contributed by atoms with Gasteiger partial charge >= 0.3 is 0 Å². The fourth-order valence-electron chi connectivity index (χ4n) is 1.62. The minimum atomic E-state index is 0.266. The van der Waals surface area contributed by atoms with Crippen LogP contribution in [0, 0.1) is 0 Å². The monoisotopic (exact) mass is 286 g/mol. The van der Waals surface area contributed by atoms with E-state index >= 15 is 0 Å². The summed E-state index contributed by atoms with van der Waals surface area (Å²) >= 11 is 0. The summed E-state index contributed by atoms with van der Waals surface area (Å²) in [5.41, 5.74) is 0. The molecule has 2 rings (SSSR count). The SMILES string of the molecule is CC(C)Oc1ccccc1.CCCCOc1ccccc1. The Labute approximate surface area is 128 Å². The summed E-state index contributed by atoms with van der Waals surface area (Å²) in [6.07, 6.45) is 2.59. The van der Waals surface area contributed by atoms with Crippen LogP contribution < -0.4 is 9.47 Å². The van der Waals surface area contributed by atoms with Gasteiger partial charge in [-0.3, -0.25) is 0 Å². The van der Waals surface area contributed by atoms with Gasteiger partial charge in [0, 0.05) is 0 Å². The van der Waals surface area contributed by atoms with Crippen LogP contribution >= 0.6 is 0 Å². The first-order valence-electron chi connectivity index (χ1n) is 7.62. The van der Waals surface area contributed by atoms with Gasteiger partial charge in [-0.15, -0.1) is 0 Å². The summed E-state index contributed by atoms with van der Waals surface area (Å²) in [5.74, 6) is 1.92. The molecule has 21 heavy (non-hydrogen) atoms. The van der Waals surface area contributed by atoms with Gasteiger partial charge in [0.15, 0.2) is 0 Å². The molecule has 2 heteroatoms. The van der Waals surface area contributed by atoms with E-state index in [9.17, 15) is 0 Å². The van der Waals surface area contributed by atoms with E-state index in [1.54, 1.807) is 0 Å². The highest BCUT2D eigenvalue weighted by Crippen LogP contribution is 2.10. The molecule has 2 nitrogen and oxygen atoms in total. The second-order valence-corrected chi connectivity index (χ2v) is 4.99. The Kier molecular flexibility index (Phi) is 8.78. The molecule has 0 unspecified atom stereocenters. The number of hydrogen-bond donors (Lipinski definition) is 0. The third kappa shape index (κ3) is 8.74. The summed E-state index contributed by atoms with van der Waals surface area (Å²) in [4.78, 5) is 0. The molecule has 0 spiro atoms. The molecule has 114 valence electrons. The Morgan fingerprint density at radius 1 is 0.810 bits per heavy atom. The number of rotatable bonds is 6. The predicted molar refractivity (Wildman–Crippen MR) is 89.1 cm³/mol. The Morgan fingerprint density at radius 2 is 1.33 bits per heavy atom. The third-order valence-corrected chi connectivity index (χ3v) is 2.62. The summed E-state index contributed by atoms with van der Waals surface area (Å²) in [7, 11) is 0. The van der Waals surface area contributed by atoms with Gasteiger partial charge in [-0.1, -0.05) is 49.7 Å². The van der Waals surface area contributed by atoms with Crippen molar-refractivity contribution in [1.29, 1.82) is 0 Å². The second kappa shape index (κ2) is 10.8. The number of unbranched alkanes of at least 4 members (excludes halogenated alkanes) is 1. The zero-order valence-electron chi connectivity index (χ0n) is 13.3. The van der Waals surface area contributed by atoms with Crippen molar-refractivity contribution in [3.63, 3.8) is 0 Å². The highest BCUT2D eigenvalue weighted by molar-refractivity contribution is 5.21. The zero-order valence-corrected chi connectivity index (χ0v) is 13.3. The number of hydrogen-bond acceptors (Lipinski definition) is 2. The van der Waals surface area contributed by atoms with Gasteiger partial charge in [-0.2, -0.15) is 0 Å². The zero-order chi connectivity index (χ0) is 15.3. The quantitative estimate of drug-likeness (QED) is 0.667. The Bertz CT molecular complexity index is 452. The minimum Gasteiger partial charge on any atom is -0.494 e. The van der Waals surface area contributed by atoms with Crippen molar-refractivity contribution in [2.24, 2.45) is 0 Å². The molecule has 2 aromatic carbocycles. The van der Waals surface area contributed by atoms with Crippen LogP contribution in [0.5, 0.6) is 11.5 Å². The normalized spacial score (nSPS) is 9.71. The summed E-state index contributed by atoms with van der Waals surface area (Å²) < 4.78 is 10.9. The summed E-state index contributed by atoms with van der Waals surface area (Å²) in [5, 5.41) is 0. The van der Waals surface area contributed by atoms with Gasteiger partial charge in [-0.05, 0) is 44.5 Å². The van der Waals surface area contributed by atoms with Crippen LogP contribution in [0.4, 0.5) is 0 Å². The van der Waals surface area contributed by atoms with Crippen molar-refractivity contribution < 1.29 is 9.47 Å². The molecule has 0 bridgehead atoms. The van der Waals surface area contributed by atoms with Crippen LogP contribution in [0.15, 0.2) is 60.7 Å². The summed E-state index contributed by atoms with van der Waals surface area (Å²) in [6, 6.07) is 19.8. The number of benzene rings is 2. The van der Waals surface area contributed by atoms with Crippen molar-refractivity contribution in [2.45, 2.75) is 39.7 Å². The van der Waals surface area contributed by atoms with Gasteiger partial charge in [0.2, 0.25) is 0 Å². The molecular formula is C19H26O2. The molecule has 0 radical (unpaired) electrons. The van der Waals surface area contributed by atoms with E-state index in [-0.39, 0.29) is 6.10 Å². The lowest BCUT2D eigenvalue weighted by Gasteiger charge is -2.07. The Morgan fingerprint density at radius 3 is 1.81 bits per heavy atom. The molecule has 0 saturated carbocycles. The van der Waals surface area contributed by atoms with Gasteiger partial charge < -0.3 is 9.47 Å². The number of ether oxygens (including phenoxy) is 2. The van der Waals surface area contributed by atoms with E-state index in [1.807, 2.05) is 74.5 Å². The van der Waals surface area contributed by atoms with Crippen LogP contribution in [0.2, 0.25) is 0 Å². The standard InChI is InChI=1S/C10H14O.C9H12O/c1-2-3-9-11-10-7-5-4-6-8-10;1-8(2)10-9-6-4-3-5-7-9/h4-8H,2-3,9H2,1H3;3-8H,1-2H3. The van der Waals surface area contributed by atoms with Crippen LogP contribution in [-0.4, -0.2) is 12.7 Å². The second-order valence-electron chi connectivity index (χ2n) is 4.99. The molecule has 0 fully saturated rings. The van der Waals surface area contributed by atoms with E-state index in [4.69, 9.17) is 9.47 Å². The lowest BCUT2D eigenvalue weighted by molar-refractivity contribution is 0.242. The Balaban J connectivity index is 0.000000211. The predicted octanol–water partition coefficient (Wildman–Crippen LogP) is 5.34. The fraction of sp³-hybridized carbons (Fsp3) is 0.368. The first-order chi connectivity index (χ1) is 10.2. The van der Waals surface area contributed by atoms with E-state index in [1.165, 1.54) is 6.42 Å². The van der Waals surface area contributed by atoms with E-state index < -0.39 is 0 Å². The van der Waals surface area contributed by atoms with Crippen LogP contribution in [0.25, 0.3) is 0 Å². The maximum Gasteiger partial charge on any atom is 0.119 e. The largest absolute Gasteiger partial charge is 0.494 e. The molecule has 0 aliphatic heterocycles. The van der Waals surface area contributed by atoms with Crippen molar-refractivity contribution in [3.05, 3.63) is 60.7 Å². The molecule has 0 saturated heterocycles. The first kappa shape index (κ1) is 17.1. The molecular weight excluding hydrogens is 260 g/mol. The minimum absolute atomic E-state index is 0.266. The lowest BCUT2D eigenvalue weighted by Crippen LogP contribution is -2.04. The van der Waals surface area contributed by atoms with Crippen molar-refractivity contribution in [3.8, 4) is 11.5 Å². The number of para-hydroxylation sites is 2. The maximum atomic E-state index is 5.45. The van der Waals surface area contributed by atoms with Crippen LogP contribution in [-0.2, 0) is 0 Å². The Hall–Kier alpha value is -1.96. The molecule has 0 atom stereocenters. The van der Waals surface area contributed by atoms with Crippen molar-refractivity contribution in [2.75, 3.05) is 6.61 Å². The highest BCUT2D eigenvalue weighted by Gasteiger charge is 1.93. The highest BCUT2D eigenvalue weighted by atomic mass is 16.5. The molecule has 0 amide bonds. The average Bonchev–Trinajstić information content (AvgIpc) is 2.50. The first-order valence-corrected chi connectivity index (χ1v) is 7.62. The van der Waals surface area contributed by atoms with Crippen LogP contribution in [0.3, 0.4) is 0 Å². The smallest absolute Gasteiger partial charge is 0.119 e. The van der Waals surface area contributed by atoms with Gasteiger partial charge in [0.05, 0.1) is 12.7 Å². The fourth-order valence-corrected chi connectivity index (χ4v) is 1.62. The molecule has 0 heterocycles. The van der Waals surface area contributed by atoms with Crippen molar-refractivity contribution >= 4 is 0 Å². The van der Waals surface area contributed by atoms with E-state index in [0.29, 0.717) is 0 Å². The summed E-state index contributed by atoms with van der Waals surface area (Å²) in [6.45, 7) is 7.04. The van der Waals surface area contributed by atoms with Gasteiger partial charge in [0.1, 0.15) is 11.5 Å². The van der Waals surface area contributed by atoms with E-state index in [2.05, 4.69) is 6.92 Å². The van der Waals surface area contributed by atoms with E-state index in [0.717, 1.165) is 24.5 Å². The van der Waals surface area contributed by atoms with Gasteiger partial charge in [-0.25, -0.2) is 0 Å². The maximum absolute atomic E-state index is 5.45. The average molecular weight is 286 g/mol. The molecule has 0 aliphatic rings. The van der Waals surface area contributed by atoms with Gasteiger partial charge in [0.25, 0.3) is 0 Å². The molecule has 0 aliphatic carbocycles.